The predicted molar refractivity (Wildman–Crippen MR) is 83.4 cm³/mol. The molecule has 0 saturated carbocycles. The third-order valence-corrected chi connectivity index (χ3v) is 3.92. The minimum absolute atomic E-state index is 0.0362. The molecule has 0 bridgehead atoms. The number of hydrogen-bond acceptors (Lipinski definition) is 2. The number of halogens is 2. The molecule has 1 fully saturated rings. The average Bonchev–Trinajstić information content (AvgIpc) is 2.50. The Morgan fingerprint density at radius 2 is 2.14 bits per heavy atom. The van der Waals surface area contributed by atoms with E-state index in [2.05, 4.69) is 5.32 Å². The number of hydrogen-bond donors (Lipinski definition) is 1. The minimum Gasteiger partial charge on any atom is -0.331 e. The fraction of sp³-hybridized carbons (Fsp3) is 0.467. The molecule has 0 radical (unpaired) electrons. The van der Waals surface area contributed by atoms with Gasteiger partial charge in [0, 0.05) is 32.9 Å². The molecule has 1 aromatic carbocycles. The van der Waals surface area contributed by atoms with Gasteiger partial charge in [-0.15, -0.1) is 0 Å². The van der Waals surface area contributed by atoms with Crippen molar-refractivity contribution in [1.29, 1.82) is 0 Å². The molecule has 1 atom stereocenters. The molecule has 1 aliphatic heterocycles. The fourth-order valence-corrected chi connectivity index (χ4v) is 2.65. The Labute approximate surface area is 134 Å². The van der Waals surface area contributed by atoms with Crippen molar-refractivity contribution in [2.24, 2.45) is 5.92 Å². The van der Waals surface area contributed by atoms with Crippen LogP contribution in [-0.4, -0.2) is 48.9 Å². The molecular weight excluding hydrogens is 309 g/mol. The van der Waals surface area contributed by atoms with Crippen molar-refractivity contribution < 1.29 is 14.0 Å². The number of piperidine rings is 1. The Balaban J connectivity index is 1.99. The van der Waals surface area contributed by atoms with E-state index in [0.29, 0.717) is 18.8 Å². The van der Waals surface area contributed by atoms with Crippen LogP contribution in [0.3, 0.4) is 0 Å². The van der Waals surface area contributed by atoms with Gasteiger partial charge in [0.15, 0.2) is 0 Å². The van der Waals surface area contributed by atoms with Gasteiger partial charge in [-0.1, -0.05) is 11.6 Å². The first-order chi connectivity index (χ1) is 10.4. The van der Waals surface area contributed by atoms with Gasteiger partial charge in [-0.2, -0.15) is 0 Å². The number of urea groups is 1. The van der Waals surface area contributed by atoms with Gasteiger partial charge in [0.25, 0.3) is 0 Å². The second kappa shape index (κ2) is 6.96. The molecule has 5 nitrogen and oxygen atoms in total. The highest BCUT2D eigenvalue weighted by Crippen LogP contribution is 2.22. The third-order valence-electron chi connectivity index (χ3n) is 3.63. The van der Waals surface area contributed by atoms with Crippen LogP contribution in [0.2, 0.25) is 5.02 Å². The van der Waals surface area contributed by atoms with Crippen molar-refractivity contribution in [2.45, 2.75) is 12.8 Å². The summed E-state index contributed by atoms with van der Waals surface area (Å²) in [5, 5.41) is 2.69. The average molecular weight is 328 g/mol. The van der Waals surface area contributed by atoms with Crippen molar-refractivity contribution in [1.82, 2.24) is 9.80 Å². The van der Waals surface area contributed by atoms with Crippen molar-refractivity contribution in [3.05, 3.63) is 29.0 Å². The Kier molecular flexibility index (Phi) is 5.24. The Morgan fingerprint density at radius 1 is 1.41 bits per heavy atom. The monoisotopic (exact) mass is 327 g/mol. The number of nitrogens with zero attached hydrogens (tertiary/aromatic N) is 2. The zero-order valence-electron chi connectivity index (χ0n) is 12.6. The van der Waals surface area contributed by atoms with E-state index < -0.39 is 5.82 Å². The fourth-order valence-electron chi connectivity index (χ4n) is 2.47. The SMILES string of the molecule is CN(C)C(=O)N1CCC[C@H](C(=O)Nc2ccc(F)c(Cl)c2)C1. The van der Waals surface area contributed by atoms with Crippen LogP contribution in [0.5, 0.6) is 0 Å². The first-order valence-corrected chi connectivity index (χ1v) is 7.48. The second-order valence-corrected chi connectivity index (χ2v) is 5.99. The van der Waals surface area contributed by atoms with Gasteiger partial charge >= 0.3 is 6.03 Å². The molecule has 0 spiro atoms. The number of rotatable bonds is 2. The molecule has 1 aliphatic rings. The summed E-state index contributed by atoms with van der Waals surface area (Å²) in [5.74, 6) is -0.986. The first-order valence-electron chi connectivity index (χ1n) is 7.10. The van der Waals surface area contributed by atoms with Crippen LogP contribution in [-0.2, 0) is 4.79 Å². The van der Waals surface area contributed by atoms with E-state index in [1.165, 1.54) is 23.1 Å². The van der Waals surface area contributed by atoms with Crippen LogP contribution in [0.15, 0.2) is 18.2 Å². The molecule has 7 heteroatoms. The van der Waals surface area contributed by atoms with Gasteiger partial charge < -0.3 is 15.1 Å². The summed E-state index contributed by atoms with van der Waals surface area (Å²) in [6.07, 6.45) is 1.50. The van der Waals surface area contributed by atoms with Gasteiger partial charge in [-0.05, 0) is 31.0 Å². The molecule has 2 rings (SSSR count). The predicted octanol–water partition coefficient (Wildman–Crippen LogP) is 2.81. The lowest BCUT2D eigenvalue weighted by atomic mass is 9.97. The maximum atomic E-state index is 13.1. The van der Waals surface area contributed by atoms with Gasteiger partial charge in [-0.3, -0.25) is 4.79 Å². The zero-order chi connectivity index (χ0) is 16.3. The van der Waals surface area contributed by atoms with Crippen molar-refractivity contribution in [3.8, 4) is 0 Å². The number of carbonyl (C=O) groups excluding carboxylic acids is 2. The van der Waals surface area contributed by atoms with Gasteiger partial charge in [-0.25, -0.2) is 9.18 Å². The van der Waals surface area contributed by atoms with Crippen LogP contribution in [0.1, 0.15) is 12.8 Å². The van der Waals surface area contributed by atoms with E-state index in [-0.39, 0.29) is 22.9 Å². The summed E-state index contributed by atoms with van der Waals surface area (Å²) in [6, 6.07) is 3.95. The van der Waals surface area contributed by atoms with Crippen molar-refractivity contribution in [2.75, 3.05) is 32.5 Å². The Morgan fingerprint density at radius 3 is 2.77 bits per heavy atom. The molecule has 0 unspecified atom stereocenters. The summed E-state index contributed by atoms with van der Waals surface area (Å²) in [4.78, 5) is 27.4. The lowest BCUT2D eigenvalue weighted by Crippen LogP contribution is -2.47. The van der Waals surface area contributed by atoms with Crippen LogP contribution in [0.4, 0.5) is 14.9 Å². The lowest BCUT2D eigenvalue weighted by molar-refractivity contribution is -0.121. The topological polar surface area (TPSA) is 52.7 Å². The molecule has 1 aromatic rings. The molecule has 22 heavy (non-hydrogen) atoms. The molecule has 1 saturated heterocycles. The number of nitrogens with one attached hydrogen (secondary N) is 1. The molecular formula is C15H19ClFN3O2. The highest BCUT2D eigenvalue weighted by Gasteiger charge is 2.29. The van der Waals surface area contributed by atoms with E-state index in [0.717, 1.165) is 12.8 Å². The first kappa shape index (κ1) is 16.5. The maximum absolute atomic E-state index is 13.1. The van der Waals surface area contributed by atoms with E-state index >= 15 is 0 Å². The second-order valence-electron chi connectivity index (χ2n) is 5.58. The normalized spacial score (nSPS) is 18.0. The number of amides is 3. The van der Waals surface area contributed by atoms with E-state index in [1.807, 2.05) is 0 Å². The van der Waals surface area contributed by atoms with E-state index in [9.17, 15) is 14.0 Å². The standard InChI is InChI=1S/C15H19ClFN3O2/c1-19(2)15(22)20-7-3-4-10(9-20)14(21)18-11-5-6-13(17)12(16)8-11/h5-6,8,10H,3-4,7,9H2,1-2H3,(H,18,21)/t10-/m0/s1. The summed E-state index contributed by atoms with van der Waals surface area (Å²) < 4.78 is 13.1. The highest BCUT2D eigenvalue weighted by atomic mass is 35.5. The van der Waals surface area contributed by atoms with Gasteiger partial charge in [0.2, 0.25) is 5.91 Å². The zero-order valence-corrected chi connectivity index (χ0v) is 13.4. The molecule has 0 aromatic heterocycles. The van der Waals surface area contributed by atoms with Gasteiger partial charge in [0.1, 0.15) is 5.82 Å². The van der Waals surface area contributed by atoms with Crippen LogP contribution in [0, 0.1) is 11.7 Å². The van der Waals surface area contributed by atoms with E-state index in [4.69, 9.17) is 11.6 Å². The minimum atomic E-state index is -0.528. The summed E-state index contributed by atoms with van der Waals surface area (Å²) in [7, 11) is 3.37. The lowest BCUT2D eigenvalue weighted by Gasteiger charge is -2.33. The largest absolute Gasteiger partial charge is 0.331 e. The van der Waals surface area contributed by atoms with Crippen LogP contribution >= 0.6 is 11.6 Å². The third kappa shape index (κ3) is 3.88. The molecule has 120 valence electrons. The molecule has 0 aliphatic carbocycles. The molecule has 3 amide bonds. The number of benzene rings is 1. The van der Waals surface area contributed by atoms with Gasteiger partial charge in [0.05, 0.1) is 10.9 Å². The Bertz CT molecular complexity index is 580. The summed E-state index contributed by atoms with van der Waals surface area (Å²) >= 11 is 5.70. The maximum Gasteiger partial charge on any atom is 0.319 e. The molecule has 1 N–H and O–H groups in total. The number of anilines is 1. The van der Waals surface area contributed by atoms with E-state index in [1.54, 1.807) is 19.0 Å². The Hall–Kier alpha value is -1.82. The van der Waals surface area contributed by atoms with Crippen LogP contribution < -0.4 is 5.32 Å². The number of carbonyl (C=O) groups is 2. The molecule has 1 heterocycles. The van der Waals surface area contributed by atoms with Crippen molar-refractivity contribution in [3.63, 3.8) is 0 Å². The van der Waals surface area contributed by atoms with Crippen molar-refractivity contribution >= 4 is 29.2 Å². The quantitative estimate of drug-likeness (QED) is 0.908. The summed E-state index contributed by atoms with van der Waals surface area (Å²) in [6.45, 7) is 1.04. The summed E-state index contributed by atoms with van der Waals surface area (Å²) in [5.41, 5.74) is 0.451. The van der Waals surface area contributed by atoms with Crippen LogP contribution in [0.25, 0.3) is 0 Å². The smallest absolute Gasteiger partial charge is 0.319 e. The highest BCUT2D eigenvalue weighted by molar-refractivity contribution is 6.31. The number of likely N-dealkylation sites (tertiary alicyclic amines) is 1.